The summed E-state index contributed by atoms with van der Waals surface area (Å²) >= 11 is 0. The monoisotopic (exact) mass is 212 g/mol. The van der Waals surface area contributed by atoms with Gasteiger partial charge in [0.15, 0.2) is 0 Å². The Hall–Kier alpha value is -0.530. The molecular weight excluding hydrogens is 188 g/mol. The lowest BCUT2D eigenvalue weighted by Crippen LogP contribution is -2.36. The van der Waals surface area contributed by atoms with Crippen LogP contribution in [0, 0.1) is 17.3 Å². The van der Waals surface area contributed by atoms with Gasteiger partial charge < -0.3 is 4.74 Å². The van der Waals surface area contributed by atoms with Crippen LogP contribution in [0.25, 0.3) is 0 Å². The Kier molecular flexibility index (Phi) is 4.18. The molecule has 1 fully saturated rings. The second kappa shape index (κ2) is 5.00. The molecule has 1 aliphatic rings. The van der Waals surface area contributed by atoms with Crippen molar-refractivity contribution in [1.82, 2.24) is 0 Å². The maximum Gasteiger partial charge on any atom is 0.311 e. The molecule has 0 radical (unpaired) electrons. The molecule has 1 rings (SSSR count). The van der Waals surface area contributed by atoms with Crippen molar-refractivity contribution in [3.63, 3.8) is 0 Å². The Morgan fingerprint density at radius 3 is 2.27 bits per heavy atom. The van der Waals surface area contributed by atoms with Gasteiger partial charge in [-0.2, -0.15) is 0 Å². The van der Waals surface area contributed by atoms with Crippen LogP contribution >= 0.6 is 0 Å². The first-order valence-electron chi connectivity index (χ1n) is 6.14. The number of hydrogen-bond donors (Lipinski definition) is 0. The van der Waals surface area contributed by atoms with Gasteiger partial charge in [-0.25, -0.2) is 0 Å². The molecule has 2 heteroatoms. The largest absolute Gasteiger partial charge is 0.469 e. The third-order valence-corrected chi connectivity index (χ3v) is 4.23. The van der Waals surface area contributed by atoms with Gasteiger partial charge in [-0.15, -0.1) is 0 Å². The maximum absolute atomic E-state index is 11.8. The minimum atomic E-state index is -0.167. The van der Waals surface area contributed by atoms with E-state index in [9.17, 15) is 4.79 Å². The molecule has 0 unspecified atom stereocenters. The molecule has 0 heterocycles. The second-order valence-electron chi connectivity index (χ2n) is 5.21. The van der Waals surface area contributed by atoms with Gasteiger partial charge in [-0.3, -0.25) is 4.79 Å². The molecule has 0 amide bonds. The predicted molar refractivity (Wildman–Crippen MR) is 61.5 cm³/mol. The van der Waals surface area contributed by atoms with Crippen LogP contribution in [0.4, 0.5) is 0 Å². The number of ether oxygens (including phenoxy) is 1. The number of carbonyl (C=O) groups excluding carboxylic acids is 1. The van der Waals surface area contributed by atoms with E-state index in [-0.39, 0.29) is 11.4 Å². The minimum absolute atomic E-state index is 0.00667. The fraction of sp³-hybridized carbons (Fsp3) is 0.923. The van der Waals surface area contributed by atoms with Crippen molar-refractivity contribution in [2.45, 2.75) is 52.9 Å². The molecule has 0 atom stereocenters. The predicted octanol–water partition coefficient (Wildman–Crippen LogP) is 3.40. The van der Waals surface area contributed by atoms with Crippen LogP contribution in [0.3, 0.4) is 0 Å². The SMILES string of the molecule is CC[C@]1(C(=O)OC)CC[C@@H](C(C)C)CC1. The van der Waals surface area contributed by atoms with Gasteiger partial charge in [0.25, 0.3) is 0 Å². The average Bonchev–Trinajstić information content (AvgIpc) is 2.27. The molecule has 88 valence electrons. The first kappa shape index (κ1) is 12.5. The van der Waals surface area contributed by atoms with Crippen molar-refractivity contribution in [2.75, 3.05) is 7.11 Å². The number of methoxy groups -OCH3 is 1. The molecule has 2 nitrogen and oxygen atoms in total. The summed E-state index contributed by atoms with van der Waals surface area (Å²) in [5.41, 5.74) is -0.167. The lowest BCUT2D eigenvalue weighted by molar-refractivity contribution is -0.156. The molecule has 0 aromatic carbocycles. The van der Waals surface area contributed by atoms with E-state index in [1.165, 1.54) is 20.0 Å². The van der Waals surface area contributed by atoms with E-state index in [2.05, 4.69) is 20.8 Å². The highest BCUT2D eigenvalue weighted by atomic mass is 16.5. The van der Waals surface area contributed by atoms with Gasteiger partial charge in [0.05, 0.1) is 12.5 Å². The molecule has 0 aromatic heterocycles. The zero-order chi connectivity index (χ0) is 11.5. The molecule has 0 bridgehead atoms. The first-order chi connectivity index (χ1) is 7.05. The van der Waals surface area contributed by atoms with Crippen LogP contribution in [0.1, 0.15) is 52.9 Å². The normalized spacial score (nSPS) is 31.7. The fourth-order valence-electron chi connectivity index (χ4n) is 2.78. The topological polar surface area (TPSA) is 26.3 Å². The van der Waals surface area contributed by atoms with Crippen LogP contribution in [-0.4, -0.2) is 13.1 Å². The maximum atomic E-state index is 11.8. The first-order valence-corrected chi connectivity index (χ1v) is 6.14. The number of esters is 1. The number of hydrogen-bond acceptors (Lipinski definition) is 2. The van der Waals surface area contributed by atoms with Crippen molar-refractivity contribution in [1.29, 1.82) is 0 Å². The van der Waals surface area contributed by atoms with Gasteiger partial charge in [0.1, 0.15) is 0 Å². The zero-order valence-electron chi connectivity index (χ0n) is 10.5. The van der Waals surface area contributed by atoms with Crippen molar-refractivity contribution in [2.24, 2.45) is 17.3 Å². The summed E-state index contributed by atoms with van der Waals surface area (Å²) in [5.74, 6) is 1.55. The summed E-state index contributed by atoms with van der Waals surface area (Å²) in [6, 6.07) is 0. The van der Waals surface area contributed by atoms with Crippen LogP contribution in [0.5, 0.6) is 0 Å². The standard InChI is InChI=1S/C13H24O2/c1-5-13(12(14)15-4)8-6-11(7-9-13)10(2)3/h10-11H,5-9H2,1-4H3/t11-,13+. The molecule has 15 heavy (non-hydrogen) atoms. The molecule has 1 saturated carbocycles. The van der Waals surface area contributed by atoms with Gasteiger partial charge in [0.2, 0.25) is 0 Å². The summed E-state index contributed by atoms with van der Waals surface area (Å²) in [6.07, 6.45) is 5.31. The Labute approximate surface area is 93.4 Å². The third kappa shape index (κ3) is 2.53. The van der Waals surface area contributed by atoms with Gasteiger partial charge in [-0.1, -0.05) is 20.8 Å². The molecule has 1 aliphatic carbocycles. The van der Waals surface area contributed by atoms with Gasteiger partial charge in [-0.05, 0) is 43.9 Å². The average molecular weight is 212 g/mol. The molecule has 0 saturated heterocycles. The van der Waals surface area contributed by atoms with E-state index >= 15 is 0 Å². The zero-order valence-corrected chi connectivity index (χ0v) is 10.5. The summed E-state index contributed by atoms with van der Waals surface area (Å²) in [5, 5.41) is 0. The molecule has 0 spiro atoms. The lowest BCUT2D eigenvalue weighted by Gasteiger charge is -2.38. The lowest BCUT2D eigenvalue weighted by atomic mass is 9.67. The number of carbonyl (C=O) groups is 1. The van der Waals surface area contributed by atoms with Gasteiger partial charge in [0, 0.05) is 0 Å². The Morgan fingerprint density at radius 2 is 1.93 bits per heavy atom. The quantitative estimate of drug-likeness (QED) is 0.670. The number of rotatable bonds is 3. The second-order valence-corrected chi connectivity index (χ2v) is 5.21. The van der Waals surface area contributed by atoms with Crippen molar-refractivity contribution in [3.8, 4) is 0 Å². The Balaban J connectivity index is 2.62. The molecule has 0 N–H and O–H groups in total. The van der Waals surface area contributed by atoms with Crippen LogP contribution in [-0.2, 0) is 9.53 Å². The summed E-state index contributed by atoms with van der Waals surface area (Å²) in [6.45, 7) is 6.66. The van der Waals surface area contributed by atoms with Crippen molar-refractivity contribution >= 4 is 5.97 Å². The van der Waals surface area contributed by atoms with Crippen molar-refractivity contribution in [3.05, 3.63) is 0 Å². The highest BCUT2D eigenvalue weighted by Crippen LogP contribution is 2.44. The van der Waals surface area contributed by atoms with Gasteiger partial charge >= 0.3 is 5.97 Å². The van der Waals surface area contributed by atoms with E-state index in [0.29, 0.717) is 0 Å². The Morgan fingerprint density at radius 1 is 1.40 bits per heavy atom. The van der Waals surface area contributed by atoms with Crippen LogP contribution < -0.4 is 0 Å². The summed E-state index contributed by atoms with van der Waals surface area (Å²) in [4.78, 5) is 11.8. The van der Waals surface area contributed by atoms with E-state index in [4.69, 9.17) is 4.74 Å². The van der Waals surface area contributed by atoms with Crippen molar-refractivity contribution < 1.29 is 9.53 Å². The Bertz CT molecular complexity index is 213. The third-order valence-electron chi connectivity index (χ3n) is 4.23. The molecular formula is C13H24O2. The van der Waals surface area contributed by atoms with E-state index in [0.717, 1.165) is 31.1 Å². The highest BCUT2D eigenvalue weighted by molar-refractivity contribution is 5.76. The van der Waals surface area contributed by atoms with E-state index in [1.807, 2.05) is 0 Å². The highest BCUT2D eigenvalue weighted by Gasteiger charge is 2.41. The minimum Gasteiger partial charge on any atom is -0.469 e. The van der Waals surface area contributed by atoms with E-state index in [1.54, 1.807) is 0 Å². The molecule has 0 aromatic rings. The smallest absolute Gasteiger partial charge is 0.311 e. The van der Waals surface area contributed by atoms with Crippen LogP contribution in [0.15, 0.2) is 0 Å². The fourth-order valence-corrected chi connectivity index (χ4v) is 2.78. The van der Waals surface area contributed by atoms with E-state index < -0.39 is 0 Å². The summed E-state index contributed by atoms with van der Waals surface area (Å²) < 4.78 is 4.94. The summed E-state index contributed by atoms with van der Waals surface area (Å²) in [7, 11) is 1.51. The van der Waals surface area contributed by atoms with Crippen LogP contribution in [0.2, 0.25) is 0 Å². The molecule has 0 aliphatic heterocycles.